The Labute approximate surface area is 169 Å². The molecule has 0 saturated carbocycles. The zero-order chi connectivity index (χ0) is 21.4. The number of ether oxygens (including phenoxy) is 3. The zero-order valence-electron chi connectivity index (χ0n) is 16.9. The zero-order valence-corrected chi connectivity index (χ0v) is 16.9. The third-order valence-electron chi connectivity index (χ3n) is 4.40. The Bertz CT molecular complexity index is 836. The van der Waals surface area contributed by atoms with Gasteiger partial charge in [0.25, 0.3) is 5.91 Å². The van der Waals surface area contributed by atoms with Crippen LogP contribution < -0.4 is 19.5 Å². The molecule has 8 heteroatoms. The van der Waals surface area contributed by atoms with Gasteiger partial charge in [-0.3, -0.25) is 9.59 Å². The van der Waals surface area contributed by atoms with E-state index in [9.17, 15) is 14.0 Å². The van der Waals surface area contributed by atoms with Gasteiger partial charge in [0.1, 0.15) is 29.1 Å². The van der Waals surface area contributed by atoms with E-state index in [1.807, 2.05) is 0 Å². The lowest BCUT2D eigenvalue weighted by atomic mass is 10.1. The minimum absolute atomic E-state index is 0.0646. The number of hydrogen-bond donors (Lipinski definition) is 1. The molecular formula is C21H25FN2O5. The molecule has 0 saturated heterocycles. The first-order valence-corrected chi connectivity index (χ1v) is 9.00. The number of carbonyl (C=O) groups is 2. The summed E-state index contributed by atoms with van der Waals surface area (Å²) in [6, 6.07) is 10.2. The summed E-state index contributed by atoms with van der Waals surface area (Å²) >= 11 is 0. The van der Waals surface area contributed by atoms with Crippen molar-refractivity contribution >= 4 is 11.8 Å². The number of likely N-dealkylation sites (N-methyl/N-ethyl adjacent to an activating group) is 1. The van der Waals surface area contributed by atoms with Crippen LogP contribution in [0.2, 0.25) is 0 Å². The summed E-state index contributed by atoms with van der Waals surface area (Å²) in [4.78, 5) is 26.2. The highest BCUT2D eigenvalue weighted by atomic mass is 19.1. The van der Waals surface area contributed by atoms with Crippen molar-refractivity contribution in [3.63, 3.8) is 0 Å². The smallest absolute Gasteiger partial charge is 0.261 e. The van der Waals surface area contributed by atoms with Crippen LogP contribution in [-0.2, 0) is 16.1 Å². The van der Waals surface area contributed by atoms with E-state index in [4.69, 9.17) is 14.2 Å². The quantitative estimate of drug-likeness (QED) is 0.695. The van der Waals surface area contributed by atoms with Crippen molar-refractivity contribution in [1.82, 2.24) is 10.2 Å². The van der Waals surface area contributed by atoms with E-state index < -0.39 is 17.8 Å². The van der Waals surface area contributed by atoms with Crippen LogP contribution in [0, 0.1) is 5.82 Å². The monoisotopic (exact) mass is 404 g/mol. The lowest BCUT2D eigenvalue weighted by molar-refractivity contribution is -0.142. The molecule has 1 N–H and O–H groups in total. The van der Waals surface area contributed by atoms with Crippen LogP contribution in [0.3, 0.4) is 0 Å². The average molecular weight is 404 g/mol. The highest BCUT2D eigenvalue weighted by molar-refractivity contribution is 5.87. The number of methoxy groups -OCH3 is 2. The van der Waals surface area contributed by atoms with Gasteiger partial charge >= 0.3 is 0 Å². The Kier molecular flexibility index (Phi) is 7.82. The second kappa shape index (κ2) is 10.3. The number of benzene rings is 2. The SMILES string of the molecule is CNC(=O)[C@@H](C)N(Cc1ccccc1F)C(=O)COc1cc(OC)cc(OC)c1. The van der Waals surface area contributed by atoms with Crippen LogP contribution in [0.5, 0.6) is 17.2 Å². The molecule has 0 radical (unpaired) electrons. The molecule has 0 aromatic heterocycles. The van der Waals surface area contributed by atoms with Crippen LogP contribution in [0.1, 0.15) is 12.5 Å². The number of hydrogen-bond acceptors (Lipinski definition) is 5. The van der Waals surface area contributed by atoms with Crippen LogP contribution >= 0.6 is 0 Å². The maximum atomic E-state index is 14.1. The van der Waals surface area contributed by atoms with Gasteiger partial charge in [0.05, 0.1) is 14.2 Å². The van der Waals surface area contributed by atoms with Crippen LogP contribution in [0.15, 0.2) is 42.5 Å². The fraction of sp³-hybridized carbons (Fsp3) is 0.333. The van der Waals surface area contributed by atoms with Crippen molar-refractivity contribution in [2.24, 2.45) is 0 Å². The summed E-state index contributed by atoms with van der Waals surface area (Å²) in [6.07, 6.45) is 0. The predicted molar refractivity (Wildman–Crippen MR) is 106 cm³/mol. The van der Waals surface area contributed by atoms with Gasteiger partial charge in [0, 0.05) is 37.4 Å². The third kappa shape index (κ3) is 5.84. The second-order valence-electron chi connectivity index (χ2n) is 6.24. The average Bonchev–Trinajstić information content (AvgIpc) is 2.75. The number of nitrogens with one attached hydrogen (secondary N) is 1. The van der Waals surface area contributed by atoms with E-state index in [0.717, 1.165) is 0 Å². The topological polar surface area (TPSA) is 77.1 Å². The first-order chi connectivity index (χ1) is 13.9. The van der Waals surface area contributed by atoms with E-state index >= 15 is 0 Å². The molecule has 0 heterocycles. The van der Waals surface area contributed by atoms with Crippen molar-refractivity contribution in [2.45, 2.75) is 19.5 Å². The molecule has 0 aliphatic rings. The minimum atomic E-state index is -0.810. The summed E-state index contributed by atoms with van der Waals surface area (Å²) in [6.45, 7) is 1.17. The van der Waals surface area contributed by atoms with Crippen molar-refractivity contribution in [2.75, 3.05) is 27.9 Å². The Morgan fingerprint density at radius 1 is 1.07 bits per heavy atom. The Morgan fingerprint density at radius 2 is 1.66 bits per heavy atom. The Hall–Kier alpha value is -3.29. The van der Waals surface area contributed by atoms with Crippen molar-refractivity contribution in [3.05, 3.63) is 53.8 Å². The summed E-state index contributed by atoms with van der Waals surface area (Å²) in [5.74, 6) is 0.104. The largest absolute Gasteiger partial charge is 0.496 e. The number of carbonyl (C=O) groups excluding carboxylic acids is 2. The molecule has 2 amide bonds. The van der Waals surface area contributed by atoms with Gasteiger partial charge < -0.3 is 24.4 Å². The van der Waals surface area contributed by atoms with Crippen molar-refractivity contribution < 1.29 is 28.2 Å². The summed E-state index contributed by atoms with van der Waals surface area (Å²) in [5, 5.41) is 2.50. The third-order valence-corrected chi connectivity index (χ3v) is 4.40. The normalized spacial score (nSPS) is 11.3. The fourth-order valence-corrected chi connectivity index (χ4v) is 2.69. The number of amides is 2. The van der Waals surface area contributed by atoms with Crippen LogP contribution in [0.4, 0.5) is 4.39 Å². The van der Waals surface area contributed by atoms with Gasteiger partial charge in [0.15, 0.2) is 6.61 Å². The number of halogens is 1. The lowest BCUT2D eigenvalue weighted by Gasteiger charge is -2.28. The van der Waals surface area contributed by atoms with Gasteiger partial charge in [0.2, 0.25) is 5.91 Å². The highest BCUT2D eigenvalue weighted by Crippen LogP contribution is 2.27. The molecule has 2 aromatic carbocycles. The van der Waals surface area contributed by atoms with E-state index in [-0.39, 0.29) is 19.1 Å². The van der Waals surface area contributed by atoms with Gasteiger partial charge in [-0.25, -0.2) is 4.39 Å². The maximum absolute atomic E-state index is 14.1. The molecule has 156 valence electrons. The van der Waals surface area contributed by atoms with Crippen LogP contribution in [-0.4, -0.2) is 50.6 Å². The van der Waals surface area contributed by atoms with Gasteiger partial charge in [-0.2, -0.15) is 0 Å². The summed E-state index contributed by atoms with van der Waals surface area (Å²) in [5.41, 5.74) is 0.305. The van der Waals surface area contributed by atoms with Crippen LogP contribution in [0.25, 0.3) is 0 Å². The maximum Gasteiger partial charge on any atom is 0.261 e. The molecule has 0 fully saturated rings. The first-order valence-electron chi connectivity index (χ1n) is 9.00. The Balaban J connectivity index is 2.19. The predicted octanol–water partition coefficient (Wildman–Crippen LogP) is 2.38. The van der Waals surface area contributed by atoms with Crippen molar-refractivity contribution in [1.29, 1.82) is 0 Å². The molecule has 2 aromatic rings. The molecule has 0 aliphatic heterocycles. The molecule has 29 heavy (non-hydrogen) atoms. The van der Waals surface area contributed by atoms with E-state index in [1.54, 1.807) is 43.3 Å². The molecule has 0 aliphatic carbocycles. The standard InChI is InChI=1S/C21H25FN2O5/c1-14(21(26)23-2)24(12-15-7-5-6-8-19(15)22)20(25)13-29-18-10-16(27-3)9-17(11-18)28-4/h5-11,14H,12-13H2,1-4H3,(H,23,26)/t14-/m1/s1. The van der Waals surface area contributed by atoms with E-state index in [0.29, 0.717) is 22.8 Å². The molecule has 0 spiro atoms. The fourth-order valence-electron chi connectivity index (χ4n) is 2.69. The second-order valence-corrected chi connectivity index (χ2v) is 6.24. The number of rotatable bonds is 9. The molecule has 7 nitrogen and oxygen atoms in total. The summed E-state index contributed by atoms with van der Waals surface area (Å²) in [7, 11) is 4.49. The molecule has 0 bridgehead atoms. The van der Waals surface area contributed by atoms with Crippen molar-refractivity contribution in [3.8, 4) is 17.2 Å². The lowest BCUT2D eigenvalue weighted by Crippen LogP contribution is -2.48. The number of nitrogens with zero attached hydrogens (tertiary/aromatic N) is 1. The first kappa shape index (κ1) is 22.0. The molecule has 2 rings (SSSR count). The molecule has 1 atom stereocenters. The highest BCUT2D eigenvalue weighted by Gasteiger charge is 2.26. The molecule has 0 unspecified atom stereocenters. The summed E-state index contributed by atoms with van der Waals surface area (Å²) < 4.78 is 30.0. The van der Waals surface area contributed by atoms with Gasteiger partial charge in [-0.1, -0.05) is 18.2 Å². The van der Waals surface area contributed by atoms with E-state index in [2.05, 4.69) is 5.32 Å². The van der Waals surface area contributed by atoms with Gasteiger partial charge in [-0.15, -0.1) is 0 Å². The Morgan fingerprint density at radius 3 is 2.21 bits per heavy atom. The minimum Gasteiger partial charge on any atom is -0.496 e. The van der Waals surface area contributed by atoms with Gasteiger partial charge in [-0.05, 0) is 13.0 Å². The molecular weight excluding hydrogens is 379 g/mol. The van der Waals surface area contributed by atoms with E-state index in [1.165, 1.54) is 32.2 Å².